The van der Waals surface area contributed by atoms with E-state index in [4.69, 9.17) is 68.0 Å². The van der Waals surface area contributed by atoms with E-state index in [2.05, 4.69) is 18.8 Å². The number of alkyl halides is 3. The molecular formula is C31H48Cl3NO9. The Morgan fingerprint density at radius 3 is 2.48 bits per heavy atom. The summed E-state index contributed by atoms with van der Waals surface area (Å²) >= 11 is 17.2. The lowest BCUT2D eigenvalue weighted by atomic mass is 9.96. The molecule has 1 aliphatic rings. The molecule has 44 heavy (non-hydrogen) atoms. The third-order valence-corrected chi connectivity index (χ3v) is 7.39. The number of aliphatic hydroxyl groups is 1. The lowest BCUT2D eigenvalue weighted by molar-refractivity contribution is -0.275. The molecule has 0 aliphatic carbocycles. The average Bonchev–Trinajstić information content (AvgIpc) is 3.00. The molecule has 2 N–H and O–H groups in total. The van der Waals surface area contributed by atoms with Crippen LogP contribution in [0.15, 0.2) is 36.9 Å². The van der Waals surface area contributed by atoms with Gasteiger partial charge in [0.1, 0.15) is 36.7 Å². The molecule has 252 valence electrons. The van der Waals surface area contributed by atoms with E-state index in [0.29, 0.717) is 13.0 Å². The summed E-state index contributed by atoms with van der Waals surface area (Å²) in [6, 6.07) is 6.79. The summed E-state index contributed by atoms with van der Waals surface area (Å²) in [5.74, 6) is 0.783. The summed E-state index contributed by atoms with van der Waals surface area (Å²) in [6.07, 6.45) is 3.81. The van der Waals surface area contributed by atoms with Crippen molar-refractivity contribution in [3.8, 4) is 5.75 Å². The number of halogens is 3. The third-order valence-electron chi connectivity index (χ3n) is 7.06. The Hall–Kier alpha value is -1.34. The van der Waals surface area contributed by atoms with Crippen LogP contribution in [-0.4, -0.2) is 92.4 Å². The molecule has 1 aromatic carbocycles. The van der Waals surface area contributed by atoms with Crippen molar-refractivity contribution in [2.45, 2.75) is 99.0 Å². The van der Waals surface area contributed by atoms with Gasteiger partial charge in [0.15, 0.2) is 6.29 Å². The Labute approximate surface area is 276 Å². The first-order valence-electron chi connectivity index (χ1n) is 15.0. The number of carbonyl (C=O) groups is 1. The zero-order chi connectivity index (χ0) is 32.4. The number of ether oxygens (including phenoxy) is 7. The van der Waals surface area contributed by atoms with Gasteiger partial charge in [0.05, 0.1) is 33.0 Å². The standard InChI is InChI=1S/C31H48Cl3NO9/c1-5-7-8-9-10-11-24(42-19-22-12-14-23(39-4)15-13-22)16-18-40-28-26(35-30(37)43-21-31(32,33)34)29(41-17-6-2)44-25(20-38-3)27(28)36/h6,12-15,24-29,36H,2,5,7-11,16-21H2,1,3-4H3,(H,35,37)/t24-,25-,26-,27-,28-,29+/m1/s1. The minimum atomic E-state index is -1.80. The number of amides is 1. The summed E-state index contributed by atoms with van der Waals surface area (Å²) in [6.45, 7) is 6.25. The molecule has 0 aromatic heterocycles. The van der Waals surface area contributed by atoms with Crippen LogP contribution in [-0.2, 0) is 35.0 Å². The predicted octanol–water partition coefficient (Wildman–Crippen LogP) is 6.12. The van der Waals surface area contributed by atoms with Crippen LogP contribution in [0.25, 0.3) is 0 Å². The van der Waals surface area contributed by atoms with Gasteiger partial charge in [-0.1, -0.05) is 92.0 Å². The van der Waals surface area contributed by atoms with Crippen LogP contribution >= 0.6 is 34.8 Å². The average molecular weight is 685 g/mol. The Bertz CT molecular complexity index is 935. The fourth-order valence-corrected chi connectivity index (χ4v) is 4.92. The monoisotopic (exact) mass is 683 g/mol. The molecule has 2 rings (SSSR count). The van der Waals surface area contributed by atoms with E-state index in [1.165, 1.54) is 26.4 Å². The Balaban J connectivity index is 2.13. The molecule has 1 aliphatic heterocycles. The molecule has 13 heteroatoms. The largest absolute Gasteiger partial charge is 0.497 e. The fourth-order valence-electron chi connectivity index (χ4n) is 4.76. The second-order valence-corrected chi connectivity index (χ2v) is 13.1. The van der Waals surface area contributed by atoms with E-state index in [1.54, 1.807) is 13.2 Å². The minimum Gasteiger partial charge on any atom is -0.497 e. The maximum atomic E-state index is 12.6. The van der Waals surface area contributed by atoms with Crippen molar-refractivity contribution in [1.82, 2.24) is 5.32 Å². The maximum absolute atomic E-state index is 12.6. The van der Waals surface area contributed by atoms with Crippen LogP contribution in [0.2, 0.25) is 0 Å². The molecule has 0 bridgehead atoms. The van der Waals surface area contributed by atoms with E-state index in [-0.39, 0.29) is 25.9 Å². The van der Waals surface area contributed by atoms with Crippen LogP contribution in [0, 0.1) is 0 Å². The molecule has 0 saturated carbocycles. The zero-order valence-corrected chi connectivity index (χ0v) is 28.2. The van der Waals surface area contributed by atoms with Crippen molar-refractivity contribution in [3.63, 3.8) is 0 Å². The van der Waals surface area contributed by atoms with Crippen LogP contribution in [0.1, 0.15) is 57.4 Å². The highest BCUT2D eigenvalue weighted by atomic mass is 35.6. The van der Waals surface area contributed by atoms with Gasteiger partial charge in [-0.25, -0.2) is 4.79 Å². The highest BCUT2D eigenvalue weighted by Gasteiger charge is 2.47. The summed E-state index contributed by atoms with van der Waals surface area (Å²) < 4.78 is 38.1. The molecule has 0 unspecified atom stereocenters. The number of benzene rings is 1. The van der Waals surface area contributed by atoms with Crippen LogP contribution < -0.4 is 10.1 Å². The van der Waals surface area contributed by atoms with Crippen LogP contribution in [0.5, 0.6) is 5.75 Å². The number of rotatable bonds is 21. The van der Waals surface area contributed by atoms with Crippen molar-refractivity contribution in [2.24, 2.45) is 0 Å². The number of methoxy groups -OCH3 is 2. The third kappa shape index (κ3) is 14.8. The molecule has 1 amide bonds. The molecule has 10 nitrogen and oxygen atoms in total. The molecular weight excluding hydrogens is 637 g/mol. The lowest BCUT2D eigenvalue weighted by Crippen LogP contribution is -2.65. The van der Waals surface area contributed by atoms with E-state index in [1.807, 2.05) is 24.3 Å². The normalized spacial score (nSPS) is 22.8. The smallest absolute Gasteiger partial charge is 0.407 e. The van der Waals surface area contributed by atoms with E-state index < -0.39 is 47.1 Å². The van der Waals surface area contributed by atoms with E-state index >= 15 is 0 Å². The number of nitrogens with one attached hydrogen (secondary N) is 1. The van der Waals surface area contributed by atoms with Crippen molar-refractivity contribution in [2.75, 3.05) is 40.6 Å². The van der Waals surface area contributed by atoms with Gasteiger partial charge in [-0.3, -0.25) is 0 Å². The number of aliphatic hydroxyl groups excluding tert-OH is 1. The highest BCUT2D eigenvalue weighted by molar-refractivity contribution is 6.67. The maximum Gasteiger partial charge on any atom is 0.407 e. The summed E-state index contributed by atoms with van der Waals surface area (Å²) in [5, 5.41) is 13.9. The molecule has 1 heterocycles. The molecule has 1 aromatic rings. The fraction of sp³-hybridized carbons (Fsp3) is 0.710. The number of hydrogen-bond donors (Lipinski definition) is 2. The summed E-state index contributed by atoms with van der Waals surface area (Å²) in [5.41, 5.74) is 1.03. The highest BCUT2D eigenvalue weighted by Crippen LogP contribution is 2.28. The lowest BCUT2D eigenvalue weighted by Gasteiger charge is -2.44. The van der Waals surface area contributed by atoms with E-state index in [0.717, 1.165) is 30.6 Å². The first-order chi connectivity index (χ1) is 21.1. The SMILES string of the molecule is C=CCO[C@H]1O[C@H](COC)[C@@H](O)[C@H](OCC[C@@H](CCCCCCC)OCc2ccc(OC)cc2)[C@H]1NC(=O)OCC(Cl)(Cl)Cl. The Morgan fingerprint density at radius 1 is 1.11 bits per heavy atom. The number of alkyl carbamates (subject to hydrolysis) is 1. The predicted molar refractivity (Wildman–Crippen MR) is 171 cm³/mol. The number of carbonyl (C=O) groups excluding carboxylic acids is 1. The van der Waals surface area contributed by atoms with Gasteiger partial charge in [-0.2, -0.15) is 0 Å². The second-order valence-electron chi connectivity index (χ2n) is 10.6. The molecule has 0 spiro atoms. The van der Waals surface area contributed by atoms with Crippen molar-refractivity contribution in [3.05, 3.63) is 42.5 Å². The van der Waals surface area contributed by atoms with Crippen LogP contribution in [0.3, 0.4) is 0 Å². The van der Waals surface area contributed by atoms with Gasteiger partial charge in [0.25, 0.3) is 0 Å². The van der Waals surface area contributed by atoms with Gasteiger partial charge >= 0.3 is 6.09 Å². The quantitative estimate of drug-likeness (QED) is 0.0899. The van der Waals surface area contributed by atoms with E-state index in [9.17, 15) is 9.90 Å². The first kappa shape index (κ1) is 38.8. The summed E-state index contributed by atoms with van der Waals surface area (Å²) in [4.78, 5) is 12.6. The first-order valence-corrected chi connectivity index (χ1v) is 16.2. The van der Waals surface area contributed by atoms with Crippen molar-refractivity contribution >= 4 is 40.9 Å². The number of unbranched alkanes of at least 4 members (excludes halogenated alkanes) is 4. The van der Waals surface area contributed by atoms with Crippen molar-refractivity contribution < 1.29 is 43.1 Å². The van der Waals surface area contributed by atoms with Crippen LogP contribution in [0.4, 0.5) is 4.79 Å². The molecule has 6 atom stereocenters. The Kier molecular flexibility index (Phi) is 18.9. The van der Waals surface area contributed by atoms with Crippen molar-refractivity contribution in [1.29, 1.82) is 0 Å². The minimum absolute atomic E-state index is 0.0742. The van der Waals surface area contributed by atoms with Gasteiger partial charge in [-0.05, 0) is 30.5 Å². The molecule has 0 radical (unpaired) electrons. The van der Waals surface area contributed by atoms with Gasteiger partial charge in [-0.15, -0.1) is 6.58 Å². The zero-order valence-electron chi connectivity index (χ0n) is 25.9. The molecule has 1 fully saturated rings. The van der Waals surface area contributed by atoms with Gasteiger partial charge in [0.2, 0.25) is 3.79 Å². The van der Waals surface area contributed by atoms with Gasteiger partial charge in [0, 0.05) is 13.7 Å². The topological polar surface area (TPSA) is 114 Å². The van der Waals surface area contributed by atoms with Gasteiger partial charge < -0.3 is 43.6 Å². The Morgan fingerprint density at radius 2 is 1.84 bits per heavy atom. The molecule has 1 saturated heterocycles. The second kappa shape index (κ2) is 21.5. The summed E-state index contributed by atoms with van der Waals surface area (Å²) in [7, 11) is 3.13. The number of hydrogen-bond acceptors (Lipinski definition) is 9.